The van der Waals surface area contributed by atoms with Gasteiger partial charge in [0.1, 0.15) is 6.54 Å². The highest BCUT2D eigenvalue weighted by atomic mass is 16.3. The summed E-state index contributed by atoms with van der Waals surface area (Å²) in [6.45, 7) is 2.16. The number of fused-ring (bicyclic) bond motifs is 1. The number of hydrogen-bond donors (Lipinski definition) is 1. The lowest BCUT2D eigenvalue weighted by atomic mass is 10.2. The average molecular weight is 274 g/mol. The fraction of sp³-hybridized carbons (Fsp3) is 0.467. The molecule has 1 heterocycles. The maximum atomic E-state index is 12.3. The van der Waals surface area contributed by atoms with Gasteiger partial charge in [0, 0.05) is 26.0 Å². The number of hydrogen-bond acceptors (Lipinski definition) is 3. The molecule has 3 atom stereocenters. The molecular formula is C15H18N2O3. The largest absolute Gasteiger partial charge is 0.396 e. The minimum absolute atomic E-state index is 0.00550. The summed E-state index contributed by atoms with van der Waals surface area (Å²) in [5, 5.41) is 9.43. The molecule has 0 spiro atoms. The van der Waals surface area contributed by atoms with E-state index in [-0.39, 0.29) is 43.0 Å². The third-order valence-corrected chi connectivity index (χ3v) is 4.24. The van der Waals surface area contributed by atoms with Gasteiger partial charge in [-0.25, -0.2) is 0 Å². The quantitative estimate of drug-likeness (QED) is 0.858. The van der Waals surface area contributed by atoms with Gasteiger partial charge in [-0.3, -0.25) is 9.59 Å². The molecule has 1 aromatic rings. The molecule has 1 aliphatic heterocycles. The molecule has 3 unspecified atom stereocenters. The lowest BCUT2D eigenvalue weighted by Crippen LogP contribution is -2.51. The van der Waals surface area contributed by atoms with E-state index in [1.807, 2.05) is 30.3 Å². The van der Waals surface area contributed by atoms with Crippen molar-refractivity contribution < 1.29 is 14.7 Å². The third-order valence-electron chi connectivity index (χ3n) is 4.24. The monoisotopic (exact) mass is 274 g/mol. The number of carbonyl (C=O) groups excluding carboxylic acids is 2. The topological polar surface area (TPSA) is 60.9 Å². The highest BCUT2D eigenvalue weighted by Crippen LogP contribution is 2.44. The number of carbonyl (C=O) groups is 2. The summed E-state index contributed by atoms with van der Waals surface area (Å²) >= 11 is 0. The van der Waals surface area contributed by atoms with Crippen LogP contribution in [0, 0.1) is 5.92 Å². The van der Waals surface area contributed by atoms with Crippen molar-refractivity contribution >= 4 is 11.8 Å². The Kier molecular flexibility index (Phi) is 3.22. The van der Waals surface area contributed by atoms with E-state index in [1.165, 1.54) is 6.92 Å². The van der Waals surface area contributed by atoms with Gasteiger partial charge in [-0.1, -0.05) is 30.3 Å². The maximum absolute atomic E-state index is 12.3. The molecule has 106 valence electrons. The number of benzene rings is 1. The van der Waals surface area contributed by atoms with Crippen molar-refractivity contribution in [1.29, 1.82) is 0 Å². The predicted molar refractivity (Wildman–Crippen MR) is 72.5 cm³/mol. The zero-order valence-electron chi connectivity index (χ0n) is 11.4. The molecule has 5 heteroatoms. The zero-order chi connectivity index (χ0) is 14.3. The third kappa shape index (κ3) is 2.08. The fourth-order valence-corrected chi connectivity index (χ4v) is 3.19. The first-order valence-corrected chi connectivity index (χ1v) is 6.85. The molecule has 2 amide bonds. The minimum Gasteiger partial charge on any atom is -0.396 e. The molecule has 0 aromatic heterocycles. The highest BCUT2D eigenvalue weighted by Gasteiger charge is 2.61. The van der Waals surface area contributed by atoms with Crippen molar-refractivity contribution in [2.24, 2.45) is 5.92 Å². The Balaban J connectivity index is 1.80. The number of piperazine rings is 1. The van der Waals surface area contributed by atoms with Crippen molar-refractivity contribution in [3.63, 3.8) is 0 Å². The average Bonchev–Trinajstić information content (AvgIpc) is 3.16. The van der Waals surface area contributed by atoms with E-state index in [2.05, 4.69) is 0 Å². The number of amides is 2. The van der Waals surface area contributed by atoms with Crippen LogP contribution in [-0.2, 0) is 16.1 Å². The molecular weight excluding hydrogens is 256 g/mol. The van der Waals surface area contributed by atoms with E-state index in [0.717, 1.165) is 5.56 Å². The highest BCUT2D eigenvalue weighted by molar-refractivity contribution is 5.87. The van der Waals surface area contributed by atoms with Crippen molar-refractivity contribution in [3.05, 3.63) is 35.9 Å². The first-order chi connectivity index (χ1) is 9.63. The predicted octanol–water partition coefficient (Wildman–Crippen LogP) is 0.237. The summed E-state index contributed by atoms with van der Waals surface area (Å²) in [6.07, 6.45) is 0. The van der Waals surface area contributed by atoms with E-state index in [4.69, 9.17) is 0 Å². The Morgan fingerprint density at radius 1 is 1.30 bits per heavy atom. The Morgan fingerprint density at radius 3 is 2.60 bits per heavy atom. The van der Waals surface area contributed by atoms with Gasteiger partial charge in [-0.2, -0.15) is 0 Å². The minimum atomic E-state index is -0.0938. The molecule has 1 N–H and O–H groups in total. The van der Waals surface area contributed by atoms with Crippen molar-refractivity contribution in [3.8, 4) is 0 Å². The number of rotatable bonds is 3. The van der Waals surface area contributed by atoms with Crippen LogP contribution in [0.2, 0.25) is 0 Å². The van der Waals surface area contributed by atoms with Gasteiger partial charge < -0.3 is 14.9 Å². The summed E-state index contributed by atoms with van der Waals surface area (Å²) in [5.74, 6) is -0.140. The molecule has 1 aromatic carbocycles. The van der Waals surface area contributed by atoms with Crippen LogP contribution in [0.1, 0.15) is 12.5 Å². The van der Waals surface area contributed by atoms with Gasteiger partial charge in [0.15, 0.2) is 0 Å². The van der Waals surface area contributed by atoms with Gasteiger partial charge in [0.25, 0.3) is 0 Å². The van der Waals surface area contributed by atoms with Crippen LogP contribution >= 0.6 is 0 Å². The van der Waals surface area contributed by atoms with Gasteiger partial charge in [0.2, 0.25) is 11.8 Å². The van der Waals surface area contributed by atoms with Crippen LogP contribution in [0.3, 0.4) is 0 Å². The molecule has 2 aliphatic rings. The van der Waals surface area contributed by atoms with Gasteiger partial charge in [-0.05, 0) is 5.56 Å². The molecule has 0 radical (unpaired) electrons. The van der Waals surface area contributed by atoms with E-state index < -0.39 is 0 Å². The molecule has 20 heavy (non-hydrogen) atoms. The maximum Gasteiger partial charge on any atom is 0.242 e. The molecule has 1 saturated carbocycles. The van der Waals surface area contributed by atoms with Crippen LogP contribution < -0.4 is 0 Å². The summed E-state index contributed by atoms with van der Waals surface area (Å²) in [7, 11) is 0. The lowest BCUT2D eigenvalue weighted by Gasteiger charge is -2.33. The van der Waals surface area contributed by atoms with E-state index >= 15 is 0 Å². The van der Waals surface area contributed by atoms with E-state index in [0.29, 0.717) is 6.54 Å². The molecule has 2 fully saturated rings. The molecule has 0 bridgehead atoms. The van der Waals surface area contributed by atoms with Crippen LogP contribution in [-0.4, -0.2) is 52.0 Å². The zero-order valence-corrected chi connectivity index (χ0v) is 11.4. The van der Waals surface area contributed by atoms with Crippen molar-refractivity contribution in [2.75, 3.05) is 13.2 Å². The van der Waals surface area contributed by atoms with Gasteiger partial charge in [-0.15, -0.1) is 0 Å². The normalized spacial score (nSPS) is 28.3. The SMILES string of the molecule is CC(=O)N1CC(=O)N(Cc2ccccc2)C2C(CO)C21. The molecule has 3 rings (SSSR count). The van der Waals surface area contributed by atoms with Gasteiger partial charge in [0.05, 0.1) is 12.1 Å². The number of nitrogens with zero attached hydrogens (tertiary/aromatic N) is 2. The van der Waals surface area contributed by atoms with Crippen LogP contribution in [0.5, 0.6) is 0 Å². The van der Waals surface area contributed by atoms with Crippen LogP contribution in [0.25, 0.3) is 0 Å². The smallest absolute Gasteiger partial charge is 0.242 e. The Labute approximate surface area is 117 Å². The summed E-state index contributed by atoms with van der Waals surface area (Å²) in [4.78, 5) is 27.2. The number of aliphatic hydroxyl groups excluding tert-OH is 1. The van der Waals surface area contributed by atoms with Crippen LogP contribution in [0.4, 0.5) is 0 Å². The fourth-order valence-electron chi connectivity index (χ4n) is 3.19. The lowest BCUT2D eigenvalue weighted by molar-refractivity contribution is -0.144. The Bertz CT molecular complexity index is 531. The van der Waals surface area contributed by atoms with Crippen LogP contribution in [0.15, 0.2) is 30.3 Å². The summed E-state index contributed by atoms with van der Waals surface area (Å²) in [5.41, 5.74) is 1.07. The molecule has 5 nitrogen and oxygen atoms in total. The molecule has 1 saturated heterocycles. The van der Waals surface area contributed by atoms with E-state index in [9.17, 15) is 14.7 Å². The van der Waals surface area contributed by atoms with Crippen molar-refractivity contribution in [2.45, 2.75) is 25.6 Å². The standard InChI is InChI=1S/C15H18N2O3/c1-10(19)16-8-13(20)17(15-12(9-18)14(15)16)7-11-5-3-2-4-6-11/h2-6,12,14-15,18H,7-9H2,1H3. The second kappa shape index (κ2) is 4.90. The Hall–Kier alpha value is -1.88. The van der Waals surface area contributed by atoms with Crippen molar-refractivity contribution in [1.82, 2.24) is 9.80 Å². The Morgan fingerprint density at radius 2 is 2.00 bits per heavy atom. The summed E-state index contributed by atoms with van der Waals surface area (Å²) < 4.78 is 0. The second-order valence-corrected chi connectivity index (χ2v) is 5.48. The summed E-state index contributed by atoms with van der Waals surface area (Å²) in [6, 6.07) is 9.74. The first kappa shape index (κ1) is 13.1. The number of aliphatic hydroxyl groups is 1. The van der Waals surface area contributed by atoms with E-state index in [1.54, 1.807) is 9.80 Å². The molecule has 1 aliphatic carbocycles. The second-order valence-electron chi connectivity index (χ2n) is 5.48. The first-order valence-electron chi connectivity index (χ1n) is 6.85. The van der Waals surface area contributed by atoms with Gasteiger partial charge >= 0.3 is 0 Å².